The number of aromatic nitrogens is 3. The van der Waals surface area contributed by atoms with Crippen LogP contribution >= 0.6 is 11.6 Å². The van der Waals surface area contributed by atoms with Crippen molar-refractivity contribution in [2.45, 2.75) is 13.0 Å². The summed E-state index contributed by atoms with van der Waals surface area (Å²) in [7, 11) is 0. The Kier molecular flexibility index (Phi) is 4.26. The maximum Gasteiger partial charge on any atom is 0.159 e. The molecule has 0 spiro atoms. The first-order valence-corrected chi connectivity index (χ1v) is 9.54. The molecule has 0 saturated carbocycles. The molecule has 1 aliphatic heterocycles. The quantitative estimate of drug-likeness (QED) is 0.506. The van der Waals surface area contributed by atoms with Crippen molar-refractivity contribution in [2.75, 3.05) is 0 Å². The topological polar surface area (TPSA) is 43.1 Å². The highest BCUT2D eigenvalue weighted by Crippen LogP contribution is 2.28. The van der Waals surface area contributed by atoms with Crippen LogP contribution in [0, 0.1) is 0 Å². The van der Waals surface area contributed by atoms with Gasteiger partial charge in [-0.1, -0.05) is 72.3 Å². The zero-order chi connectivity index (χ0) is 18.9. The molecular formula is C23H17ClN4. The van der Waals surface area contributed by atoms with Gasteiger partial charge in [0.15, 0.2) is 5.82 Å². The van der Waals surface area contributed by atoms with Gasteiger partial charge >= 0.3 is 0 Å². The lowest BCUT2D eigenvalue weighted by molar-refractivity contribution is 0.848. The number of nitrogens with zero attached hydrogens (tertiary/aromatic N) is 4. The Labute approximate surface area is 168 Å². The summed E-state index contributed by atoms with van der Waals surface area (Å²) in [4.78, 5) is 4.87. The normalized spacial score (nSPS) is 12.7. The van der Waals surface area contributed by atoms with E-state index < -0.39 is 0 Å². The average molecular weight is 385 g/mol. The summed E-state index contributed by atoms with van der Waals surface area (Å²) in [5.41, 5.74) is 5.19. The first-order valence-electron chi connectivity index (χ1n) is 9.17. The molecule has 0 atom stereocenters. The van der Waals surface area contributed by atoms with E-state index in [1.54, 1.807) is 0 Å². The SMILES string of the molecule is Clc1ccc2c(c1)C(c1ccccc1)=NCc1nnc(Cc3ccccc3)n1-2. The maximum absolute atomic E-state index is 6.36. The Hall–Kier alpha value is -3.24. The number of benzene rings is 3. The van der Waals surface area contributed by atoms with E-state index in [0.29, 0.717) is 18.0 Å². The highest BCUT2D eigenvalue weighted by atomic mass is 35.5. The second-order valence-corrected chi connectivity index (χ2v) is 7.16. The fourth-order valence-corrected chi connectivity index (χ4v) is 3.77. The summed E-state index contributed by atoms with van der Waals surface area (Å²) in [5, 5.41) is 9.58. The molecule has 0 bridgehead atoms. The number of hydrogen-bond acceptors (Lipinski definition) is 3. The lowest BCUT2D eigenvalue weighted by Crippen LogP contribution is -2.10. The van der Waals surface area contributed by atoms with Gasteiger partial charge in [-0.3, -0.25) is 9.56 Å². The Balaban J connectivity index is 1.67. The fourth-order valence-electron chi connectivity index (χ4n) is 3.60. The Morgan fingerprint density at radius 2 is 1.61 bits per heavy atom. The van der Waals surface area contributed by atoms with Crippen LogP contribution in [0.3, 0.4) is 0 Å². The molecular weight excluding hydrogens is 368 g/mol. The summed E-state index contributed by atoms with van der Waals surface area (Å²) in [6.07, 6.45) is 0.705. The Morgan fingerprint density at radius 1 is 0.857 bits per heavy atom. The van der Waals surface area contributed by atoms with Crippen LogP contribution in [0.5, 0.6) is 0 Å². The van der Waals surface area contributed by atoms with Crippen LogP contribution in [-0.2, 0) is 13.0 Å². The summed E-state index contributed by atoms with van der Waals surface area (Å²) in [5.74, 6) is 1.73. The molecule has 5 rings (SSSR count). The van der Waals surface area contributed by atoms with Crippen LogP contribution in [-0.4, -0.2) is 20.5 Å². The predicted molar refractivity (Wildman–Crippen MR) is 111 cm³/mol. The van der Waals surface area contributed by atoms with E-state index in [9.17, 15) is 0 Å². The molecule has 136 valence electrons. The van der Waals surface area contributed by atoms with Crippen molar-refractivity contribution in [1.29, 1.82) is 0 Å². The molecule has 0 saturated heterocycles. The highest BCUT2D eigenvalue weighted by molar-refractivity contribution is 6.31. The van der Waals surface area contributed by atoms with E-state index in [0.717, 1.165) is 34.2 Å². The minimum Gasteiger partial charge on any atom is -0.280 e. The zero-order valence-corrected chi connectivity index (χ0v) is 15.8. The molecule has 4 nitrogen and oxygen atoms in total. The summed E-state index contributed by atoms with van der Waals surface area (Å²) < 4.78 is 2.12. The first kappa shape index (κ1) is 16.9. The second-order valence-electron chi connectivity index (χ2n) is 6.72. The molecule has 1 aliphatic rings. The van der Waals surface area contributed by atoms with Gasteiger partial charge in [-0.15, -0.1) is 10.2 Å². The minimum atomic E-state index is 0.471. The van der Waals surface area contributed by atoms with Gasteiger partial charge in [0.05, 0.1) is 11.4 Å². The molecule has 2 heterocycles. The summed E-state index contributed by atoms with van der Waals surface area (Å²) >= 11 is 6.36. The first-order chi connectivity index (χ1) is 13.8. The predicted octanol–water partition coefficient (Wildman–Crippen LogP) is 4.86. The van der Waals surface area contributed by atoms with Crippen LogP contribution in [0.1, 0.15) is 28.3 Å². The van der Waals surface area contributed by atoms with Gasteiger partial charge in [0.2, 0.25) is 0 Å². The fraction of sp³-hybridized carbons (Fsp3) is 0.0870. The van der Waals surface area contributed by atoms with Crippen molar-refractivity contribution in [3.05, 3.63) is 112 Å². The third-order valence-electron chi connectivity index (χ3n) is 4.88. The van der Waals surface area contributed by atoms with Gasteiger partial charge in [0, 0.05) is 22.6 Å². The molecule has 3 aromatic carbocycles. The van der Waals surface area contributed by atoms with Gasteiger partial charge in [-0.25, -0.2) is 0 Å². The van der Waals surface area contributed by atoms with Crippen molar-refractivity contribution in [1.82, 2.24) is 14.8 Å². The van der Waals surface area contributed by atoms with Gasteiger partial charge in [-0.05, 0) is 23.8 Å². The van der Waals surface area contributed by atoms with Crippen molar-refractivity contribution in [3.8, 4) is 5.69 Å². The van der Waals surface area contributed by atoms with Crippen LogP contribution < -0.4 is 0 Å². The van der Waals surface area contributed by atoms with E-state index in [-0.39, 0.29) is 0 Å². The monoisotopic (exact) mass is 384 g/mol. The van der Waals surface area contributed by atoms with Crippen LogP contribution in [0.2, 0.25) is 5.02 Å². The summed E-state index contributed by atoms with van der Waals surface area (Å²) in [6.45, 7) is 0.471. The molecule has 0 N–H and O–H groups in total. The van der Waals surface area contributed by atoms with Gasteiger partial charge in [0.25, 0.3) is 0 Å². The maximum atomic E-state index is 6.36. The molecule has 0 aliphatic carbocycles. The molecule has 0 amide bonds. The molecule has 0 radical (unpaired) electrons. The third kappa shape index (κ3) is 3.02. The van der Waals surface area contributed by atoms with Crippen molar-refractivity contribution in [3.63, 3.8) is 0 Å². The van der Waals surface area contributed by atoms with Crippen molar-refractivity contribution < 1.29 is 0 Å². The van der Waals surface area contributed by atoms with Gasteiger partial charge in [-0.2, -0.15) is 0 Å². The Bertz CT molecular complexity index is 1160. The molecule has 28 heavy (non-hydrogen) atoms. The number of rotatable bonds is 3. The second kappa shape index (κ2) is 7.06. The van der Waals surface area contributed by atoms with E-state index in [1.807, 2.05) is 54.6 Å². The lowest BCUT2D eigenvalue weighted by Gasteiger charge is -2.14. The smallest absolute Gasteiger partial charge is 0.159 e. The lowest BCUT2D eigenvalue weighted by atomic mass is 10.0. The minimum absolute atomic E-state index is 0.471. The highest BCUT2D eigenvalue weighted by Gasteiger charge is 2.23. The molecule has 0 unspecified atom stereocenters. The number of aliphatic imine (C=N–C) groups is 1. The number of fused-ring (bicyclic) bond motifs is 3. The summed E-state index contributed by atoms with van der Waals surface area (Å²) in [6, 6.07) is 26.4. The Morgan fingerprint density at radius 3 is 2.39 bits per heavy atom. The zero-order valence-electron chi connectivity index (χ0n) is 15.1. The van der Waals surface area contributed by atoms with Crippen molar-refractivity contribution >= 4 is 17.3 Å². The van der Waals surface area contributed by atoms with Gasteiger partial charge in [0.1, 0.15) is 12.4 Å². The number of halogens is 1. The van der Waals surface area contributed by atoms with Gasteiger partial charge < -0.3 is 0 Å². The van der Waals surface area contributed by atoms with Crippen LogP contribution in [0.4, 0.5) is 0 Å². The average Bonchev–Trinajstić information content (AvgIpc) is 3.04. The molecule has 4 aromatic rings. The van der Waals surface area contributed by atoms with E-state index in [2.05, 4.69) is 39.0 Å². The van der Waals surface area contributed by atoms with Crippen LogP contribution in [0.15, 0.2) is 83.9 Å². The number of hydrogen-bond donors (Lipinski definition) is 0. The molecule has 5 heteroatoms. The third-order valence-corrected chi connectivity index (χ3v) is 5.12. The van der Waals surface area contributed by atoms with E-state index in [4.69, 9.17) is 16.6 Å². The molecule has 1 aromatic heterocycles. The van der Waals surface area contributed by atoms with E-state index >= 15 is 0 Å². The standard InChI is InChI=1S/C23H17ClN4/c24-18-11-12-20-19(14-18)23(17-9-5-2-6-10-17)25-15-22-27-26-21(28(20)22)13-16-7-3-1-4-8-16/h1-12,14H,13,15H2. The van der Waals surface area contributed by atoms with E-state index in [1.165, 1.54) is 5.56 Å². The van der Waals surface area contributed by atoms with Crippen LogP contribution in [0.25, 0.3) is 5.69 Å². The van der Waals surface area contributed by atoms with Crippen molar-refractivity contribution in [2.24, 2.45) is 4.99 Å². The largest absolute Gasteiger partial charge is 0.280 e. The molecule has 0 fully saturated rings.